The second kappa shape index (κ2) is 10.8. The van der Waals surface area contributed by atoms with Crippen LogP contribution in [0.1, 0.15) is 50.9 Å². The van der Waals surface area contributed by atoms with Gasteiger partial charge in [0.15, 0.2) is 5.78 Å². The van der Waals surface area contributed by atoms with Crippen LogP contribution >= 0.6 is 0 Å². The van der Waals surface area contributed by atoms with Crippen molar-refractivity contribution in [3.63, 3.8) is 0 Å². The Morgan fingerprint density at radius 3 is 2.52 bits per heavy atom. The first kappa shape index (κ1) is 21.1. The molecular formula is C19H30N2O4. The molecular weight excluding hydrogens is 320 g/mol. The van der Waals surface area contributed by atoms with Gasteiger partial charge in [0.2, 0.25) is 5.91 Å². The lowest BCUT2D eigenvalue weighted by Crippen LogP contribution is -2.36. The van der Waals surface area contributed by atoms with Crippen LogP contribution in [-0.2, 0) is 9.53 Å². The second-order valence-electron chi connectivity index (χ2n) is 6.30. The van der Waals surface area contributed by atoms with E-state index in [1.165, 1.54) is 6.92 Å². The van der Waals surface area contributed by atoms with E-state index in [4.69, 9.17) is 9.47 Å². The molecule has 0 aliphatic carbocycles. The maximum atomic E-state index is 11.9. The van der Waals surface area contributed by atoms with Gasteiger partial charge in [0, 0.05) is 31.8 Å². The molecule has 2 N–H and O–H groups in total. The molecule has 0 aromatic heterocycles. The van der Waals surface area contributed by atoms with E-state index in [0.29, 0.717) is 42.6 Å². The number of ether oxygens (including phenoxy) is 2. The highest BCUT2D eigenvalue weighted by Gasteiger charge is 2.14. The van der Waals surface area contributed by atoms with E-state index in [0.717, 1.165) is 6.42 Å². The van der Waals surface area contributed by atoms with Gasteiger partial charge in [-0.2, -0.15) is 0 Å². The minimum atomic E-state index is -0.119. The molecule has 0 aliphatic rings. The molecule has 0 saturated heterocycles. The van der Waals surface area contributed by atoms with Gasteiger partial charge in [-0.1, -0.05) is 20.8 Å². The summed E-state index contributed by atoms with van der Waals surface area (Å²) in [7, 11) is 1.63. The van der Waals surface area contributed by atoms with Crippen LogP contribution in [-0.4, -0.2) is 44.1 Å². The van der Waals surface area contributed by atoms with Crippen molar-refractivity contribution in [3.05, 3.63) is 23.8 Å². The number of carbonyl (C=O) groups excluding carboxylic acids is 2. The van der Waals surface area contributed by atoms with Crippen molar-refractivity contribution in [3.8, 4) is 5.75 Å². The summed E-state index contributed by atoms with van der Waals surface area (Å²) < 4.78 is 11.2. The number of methoxy groups -OCH3 is 1. The van der Waals surface area contributed by atoms with Gasteiger partial charge in [-0.05, 0) is 31.5 Å². The standard InChI is InChI=1S/C19H30N2O4/c1-6-7-19(23)21-15-8-9-18(17(10-15)14(4)22)25-12-16(24-5)11-20-13(2)3/h8-10,13,16,20H,6-7,11-12H2,1-5H3,(H,21,23). The Morgan fingerprint density at radius 2 is 1.96 bits per heavy atom. The van der Waals surface area contributed by atoms with Crippen LogP contribution in [0.3, 0.4) is 0 Å². The quantitative estimate of drug-likeness (QED) is 0.600. The van der Waals surface area contributed by atoms with Crippen molar-refractivity contribution in [2.75, 3.05) is 25.6 Å². The van der Waals surface area contributed by atoms with E-state index in [9.17, 15) is 9.59 Å². The van der Waals surface area contributed by atoms with Crippen molar-refractivity contribution < 1.29 is 19.1 Å². The SMILES string of the molecule is CCCC(=O)Nc1ccc(OCC(CNC(C)C)OC)c(C(C)=O)c1. The lowest BCUT2D eigenvalue weighted by atomic mass is 10.1. The minimum Gasteiger partial charge on any atom is -0.490 e. The Hall–Kier alpha value is -1.92. The Morgan fingerprint density at radius 1 is 1.24 bits per heavy atom. The first-order valence-corrected chi connectivity index (χ1v) is 8.71. The fraction of sp³-hybridized carbons (Fsp3) is 0.579. The van der Waals surface area contributed by atoms with E-state index >= 15 is 0 Å². The third-order valence-corrected chi connectivity index (χ3v) is 3.63. The highest BCUT2D eigenvalue weighted by Crippen LogP contribution is 2.24. The molecule has 1 unspecified atom stereocenters. The number of hydrogen-bond donors (Lipinski definition) is 2. The maximum absolute atomic E-state index is 11.9. The molecule has 1 aromatic rings. The highest BCUT2D eigenvalue weighted by molar-refractivity contribution is 5.99. The number of amides is 1. The van der Waals surface area contributed by atoms with Gasteiger partial charge in [-0.15, -0.1) is 0 Å². The molecule has 0 spiro atoms. The smallest absolute Gasteiger partial charge is 0.224 e. The Kier molecular flexibility index (Phi) is 9.16. The van der Waals surface area contributed by atoms with Gasteiger partial charge in [0.1, 0.15) is 18.5 Å². The number of rotatable bonds is 11. The van der Waals surface area contributed by atoms with Crippen molar-refractivity contribution in [2.45, 2.75) is 52.7 Å². The summed E-state index contributed by atoms with van der Waals surface area (Å²) >= 11 is 0. The van der Waals surface area contributed by atoms with E-state index in [2.05, 4.69) is 24.5 Å². The summed E-state index contributed by atoms with van der Waals surface area (Å²) in [5, 5.41) is 6.09. The van der Waals surface area contributed by atoms with Crippen LogP contribution in [0.25, 0.3) is 0 Å². The molecule has 1 aromatic carbocycles. The molecule has 25 heavy (non-hydrogen) atoms. The summed E-state index contributed by atoms with van der Waals surface area (Å²) in [6.45, 7) is 8.54. The predicted molar refractivity (Wildman–Crippen MR) is 99.4 cm³/mol. The summed E-state index contributed by atoms with van der Waals surface area (Å²) in [5.41, 5.74) is 1.04. The first-order valence-electron chi connectivity index (χ1n) is 8.71. The summed E-state index contributed by atoms with van der Waals surface area (Å²) in [4.78, 5) is 23.6. The number of nitrogens with one attached hydrogen (secondary N) is 2. The Labute approximate surface area is 150 Å². The van der Waals surface area contributed by atoms with Gasteiger partial charge in [-0.25, -0.2) is 0 Å². The number of Topliss-reactive ketones (excluding diaryl/α,β-unsaturated/α-hetero) is 1. The van der Waals surface area contributed by atoms with E-state index in [1.54, 1.807) is 25.3 Å². The van der Waals surface area contributed by atoms with Crippen LogP contribution in [0.15, 0.2) is 18.2 Å². The molecule has 0 fully saturated rings. The Balaban J connectivity index is 2.78. The monoisotopic (exact) mass is 350 g/mol. The third-order valence-electron chi connectivity index (χ3n) is 3.63. The molecule has 0 heterocycles. The molecule has 1 amide bonds. The number of benzene rings is 1. The summed E-state index contributed by atoms with van der Waals surface area (Å²) in [6, 6.07) is 5.46. The summed E-state index contributed by atoms with van der Waals surface area (Å²) in [6.07, 6.45) is 1.10. The molecule has 6 heteroatoms. The van der Waals surface area contributed by atoms with Crippen LogP contribution in [0.4, 0.5) is 5.69 Å². The number of carbonyl (C=O) groups is 2. The molecule has 0 saturated carbocycles. The van der Waals surface area contributed by atoms with Gasteiger partial charge in [0.25, 0.3) is 0 Å². The molecule has 1 atom stereocenters. The van der Waals surface area contributed by atoms with Gasteiger partial charge in [-0.3, -0.25) is 9.59 Å². The average molecular weight is 350 g/mol. The molecule has 1 rings (SSSR count). The van der Waals surface area contributed by atoms with Gasteiger partial charge >= 0.3 is 0 Å². The maximum Gasteiger partial charge on any atom is 0.224 e. The van der Waals surface area contributed by atoms with Crippen molar-refractivity contribution in [1.29, 1.82) is 0 Å². The fourth-order valence-electron chi connectivity index (χ4n) is 2.22. The molecule has 140 valence electrons. The van der Waals surface area contributed by atoms with E-state index < -0.39 is 0 Å². The number of ketones is 1. The summed E-state index contributed by atoms with van der Waals surface area (Å²) in [5.74, 6) is 0.313. The van der Waals surface area contributed by atoms with Crippen LogP contribution in [0.2, 0.25) is 0 Å². The minimum absolute atomic E-state index is 0.0649. The topological polar surface area (TPSA) is 76.7 Å². The van der Waals surface area contributed by atoms with Crippen molar-refractivity contribution in [1.82, 2.24) is 5.32 Å². The largest absolute Gasteiger partial charge is 0.490 e. The van der Waals surface area contributed by atoms with Gasteiger partial charge in [0.05, 0.1) is 5.56 Å². The zero-order valence-electron chi connectivity index (χ0n) is 15.8. The zero-order valence-corrected chi connectivity index (χ0v) is 15.8. The normalized spacial score (nSPS) is 12.1. The van der Waals surface area contributed by atoms with Crippen LogP contribution in [0, 0.1) is 0 Å². The van der Waals surface area contributed by atoms with Crippen molar-refractivity contribution in [2.24, 2.45) is 0 Å². The predicted octanol–water partition coefficient (Wildman–Crippen LogP) is 3.02. The number of hydrogen-bond acceptors (Lipinski definition) is 5. The zero-order chi connectivity index (χ0) is 18.8. The third kappa shape index (κ3) is 7.67. The first-order chi connectivity index (χ1) is 11.9. The van der Waals surface area contributed by atoms with E-state index in [1.807, 2.05) is 6.92 Å². The lowest BCUT2D eigenvalue weighted by molar-refractivity contribution is -0.116. The number of anilines is 1. The highest BCUT2D eigenvalue weighted by atomic mass is 16.5. The Bertz CT molecular complexity index is 573. The van der Waals surface area contributed by atoms with Crippen molar-refractivity contribution >= 4 is 17.4 Å². The molecule has 0 bridgehead atoms. The average Bonchev–Trinajstić information content (AvgIpc) is 2.55. The van der Waals surface area contributed by atoms with Gasteiger partial charge < -0.3 is 20.1 Å². The lowest BCUT2D eigenvalue weighted by Gasteiger charge is -2.19. The van der Waals surface area contributed by atoms with Crippen LogP contribution < -0.4 is 15.4 Å². The fourth-order valence-corrected chi connectivity index (χ4v) is 2.22. The molecule has 6 nitrogen and oxygen atoms in total. The molecule has 0 radical (unpaired) electrons. The second-order valence-corrected chi connectivity index (χ2v) is 6.30. The molecule has 0 aliphatic heterocycles. The van der Waals surface area contributed by atoms with Crippen LogP contribution in [0.5, 0.6) is 5.75 Å². The van der Waals surface area contributed by atoms with E-state index in [-0.39, 0.29) is 17.8 Å².